The molecule has 0 bridgehead atoms. The Balaban J connectivity index is 2.04. The van der Waals surface area contributed by atoms with E-state index in [1.807, 2.05) is 0 Å². The van der Waals surface area contributed by atoms with E-state index in [0.717, 1.165) is 25.9 Å². The molecule has 1 aromatic rings. The molecule has 0 saturated carbocycles. The Morgan fingerprint density at radius 3 is 2.65 bits per heavy atom. The lowest BCUT2D eigenvalue weighted by Crippen LogP contribution is -2.44. The molecule has 96 valence electrons. The molecule has 0 radical (unpaired) electrons. The summed E-state index contributed by atoms with van der Waals surface area (Å²) in [5.74, 6) is 0. The topological polar surface area (TPSA) is 26.2 Å². The van der Waals surface area contributed by atoms with Gasteiger partial charge in [-0.15, -0.1) is 0 Å². The van der Waals surface area contributed by atoms with Crippen molar-refractivity contribution in [3.8, 4) is 0 Å². The number of ether oxygens (including phenoxy) is 1. The summed E-state index contributed by atoms with van der Waals surface area (Å²) in [6, 6.07) is 4.82. The van der Waals surface area contributed by atoms with Crippen LogP contribution in [0.15, 0.2) is 12.1 Å². The fraction of sp³-hybridized carbons (Fsp3) is 0.714. The van der Waals surface area contributed by atoms with Crippen molar-refractivity contribution in [1.29, 1.82) is 0 Å². The maximum atomic E-state index is 5.88. The van der Waals surface area contributed by atoms with Gasteiger partial charge in [0.1, 0.15) is 0 Å². The van der Waals surface area contributed by atoms with Crippen molar-refractivity contribution in [2.75, 3.05) is 12.0 Å². The summed E-state index contributed by atoms with van der Waals surface area (Å²) in [6.45, 7) is 9.56. The number of hydrogen-bond acceptors (Lipinski definition) is 2. The fourth-order valence-electron chi connectivity index (χ4n) is 2.54. The van der Waals surface area contributed by atoms with Crippen molar-refractivity contribution in [3.05, 3.63) is 23.5 Å². The van der Waals surface area contributed by atoms with Gasteiger partial charge in [-0.25, -0.2) is 0 Å². The molecule has 0 spiro atoms. The Morgan fingerprint density at radius 1 is 1.41 bits per heavy atom. The maximum Gasteiger partial charge on any atom is 0.0672 e. The van der Waals surface area contributed by atoms with Gasteiger partial charge in [-0.1, -0.05) is 6.92 Å². The first-order valence-corrected chi connectivity index (χ1v) is 6.59. The minimum absolute atomic E-state index is 0.0465. The fourth-order valence-corrected chi connectivity index (χ4v) is 2.54. The Hall–Kier alpha value is -0.960. The summed E-state index contributed by atoms with van der Waals surface area (Å²) in [6.07, 6.45) is 3.25. The third-order valence-corrected chi connectivity index (χ3v) is 3.93. The molecule has 3 nitrogen and oxygen atoms in total. The second kappa shape index (κ2) is 4.73. The highest BCUT2D eigenvalue weighted by molar-refractivity contribution is 5.16. The van der Waals surface area contributed by atoms with Crippen molar-refractivity contribution in [2.45, 2.75) is 58.6 Å². The molecular weight excluding hydrogens is 212 g/mol. The summed E-state index contributed by atoms with van der Waals surface area (Å²) in [7, 11) is 0. The molecule has 17 heavy (non-hydrogen) atoms. The molecule has 3 heteroatoms. The summed E-state index contributed by atoms with van der Waals surface area (Å²) in [5, 5.41) is 0. The molecule has 0 aliphatic carbocycles. The lowest BCUT2D eigenvalue weighted by molar-refractivity contribution is -0.0722. The molecule has 2 atom stereocenters. The van der Waals surface area contributed by atoms with Gasteiger partial charge in [0.2, 0.25) is 0 Å². The molecule has 2 heterocycles. The first-order chi connectivity index (χ1) is 8.04. The summed E-state index contributed by atoms with van der Waals surface area (Å²) in [5.41, 5.74) is 6.21. The number of hydrogen-bond donors (Lipinski definition) is 1. The second-order valence-electron chi connectivity index (χ2n) is 5.42. The molecule has 0 amide bonds. The Bertz CT molecular complexity index is 366. The van der Waals surface area contributed by atoms with E-state index in [9.17, 15) is 0 Å². The van der Waals surface area contributed by atoms with Gasteiger partial charge in [0, 0.05) is 24.0 Å². The average molecular weight is 236 g/mol. The smallest absolute Gasteiger partial charge is 0.0672 e. The predicted molar refractivity (Wildman–Crippen MR) is 70.9 cm³/mol. The third kappa shape index (κ3) is 2.65. The third-order valence-electron chi connectivity index (χ3n) is 3.93. The first-order valence-electron chi connectivity index (χ1n) is 6.59. The highest BCUT2D eigenvalue weighted by atomic mass is 16.5. The average Bonchev–Trinajstić information content (AvgIpc) is 2.61. The summed E-state index contributed by atoms with van der Waals surface area (Å²) in [4.78, 5) is 0. The maximum absolute atomic E-state index is 5.88. The number of aryl methyl sites for hydroxylation is 2. The molecule has 1 aliphatic heterocycles. The normalized spacial score (nSPS) is 29.3. The van der Waals surface area contributed by atoms with Crippen LogP contribution in [0.3, 0.4) is 0 Å². The number of rotatable bonds is 3. The van der Waals surface area contributed by atoms with Gasteiger partial charge >= 0.3 is 0 Å². The molecule has 1 aliphatic rings. The van der Waals surface area contributed by atoms with Crippen LogP contribution < -0.4 is 5.43 Å². The van der Waals surface area contributed by atoms with E-state index >= 15 is 0 Å². The molecule has 1 N–H and O–H groups in total. The number of nitrogens with zero attached hydrogens (tertiary/aromatic N) is 1. The van der Waals surface area contributed by atoms with Crippen molar-refractivity contribution >= 4 is 0 Å². The highest BCUT2D eigenvalue weighted by Gasteiger charge is 2.31. The van der Waals surface area contributed by atoms with E-state index < -0.39 is 0 Å². The van der Waals surface area contributed by atoms with Gasteiger partial charge < -0.3 is 10.2 Å². The largest absolute Gasteiger partial charge is 0.375 e. The predicted octanol–water partition coefficient (Wildman–Crippen LogP) is 3.00. The Labute approximate surface area is 104 Å². The van der Waals surface area contributed by atoms with E-state index in [1.54, 1.807) is 0 Å². The van der Waals surface area contributed by atoms with Crippen molar-refractivity contribution in [3.63, 3.8) is 0 Å². The molecular formula is C14H24N2O. The lowest BCUT2D eigenvalue weighted by Gasteiger charge is -2.38. The van der Waals surface area contributed by atoms with Crippen LogP contribution in [0.5, 0.6) is 0 Å². The van der Waals surface area contributed by atoms with Gasteiger partial charge in [-0.3, -0.25) is 4.68 Å². The minimum atomic E-state index is 0.0465. The molecule has 1 saturated heterocycles. The van der Waals surface area contributed by atoms with Gasteiger partial charge in [-0.05, 0) is 52.2 Å². The molecule has 0 aromatic carbocycles. The second-order valence-corrected chi connectivity index (χ2v) is 5.42. The van der Waals surface area contributed by atoms with Crippen LogP contribution in [0.25, 0.3) is 0 Å². The standard InChI is InChI=1S/C14H24N2O/c1-5-14(4)10-13(8-9-17-14)15-16-11(2)6-7-12(16)3/h6-7,13,15H,5,8-10H2,1-4H3. The van der Waals surface area contributed by atoms with Crippen molar-refractivity contribution in [1.82, 2.24) is 4.68 Å². The minimum Gasteiger partial charge on any atom is -0.375 e. The van der Waals surface area contributed by atoms with E-state index in [0.29, 0.717) is 6.04 Å². The number of aromatic nitrogens is 1. The van der Waals surface area contributed by atoms with E-state index in [-0.39, 0.29) is 5.60 Å². The molecule has 1 aromatic heterocycles. The zero-order valence-electron chi connectivity index (χ0n) is 11.4. The van der Waals surface area contributed by atoms with Crippen molar-refractivity contribution < 1.29 is 4.74 Å². The highest BCUT2D eigenvalue weighted by Crippen LogP contribution is 2.28. The van der Waals surface area contributed by atoms with E-state index in [4.69, 9.17) is 4.74 Å². The summed E-state index contributed by atoms with van der Waals surface area (Å²) >= 11 is 0. The first kappa shape index (κ1) is 12.5. The zero-order valence-corrected chi connectivity index (χ0v) is 11.4. The van der Waals surface area contributed by atoms with Crippen LogP contribution in [-0.4, -0.2) is 22.9 Å². The van der Waals surface area contributed by atoms with Crippen LogP contribution >= 0.6 is 0 Å². The number of nitrogens with one attached hydrogen (secondary N) is 1. The molecule has 2 unspecified atom stereocenters. The van der Waals surface area contributed by atoms with Crippen LogP contribution in [0, 0.1) is 13.8 Å². The SMILES string of the molecule is CCC1(C)CC(Nn2c(C)ccc2C)CCO1. The van der Waals surface area contributed by atoms with Gasteiger partial charge in [-0.2, -0.15) is 0 Å². The van der Waals surface area contributed by atoms with Gasteiger partial charge in [0.05, 0.1) is 5.60 Å². The zero-order chi connectivity index (χ0) is 12.5. The van der Waals surface area contributed by atoms with Gasteiger partial charge in [0.15, 0.2) is 0 Å². The van der Waals surface area contributed by atoms with Crippen LogP contribution in [-0.2, 0) is 4.74 Å². The molecule has 1 fully saturated rings. The van der Waals surface area contributed by atoms with E-state index in [1.165, 1.54) is 11.4 Å². The lowest BCUT2D eigenvalue weighted by atomic mass is 9.90. The summed E-state index contributed by atoms with van der Waals surface area (Å²) < 4.78 is 8.08. The van der Waals surface area contributed by atoms with E-state index in [2.05, 4.69) is 49.9 Å². The van der Waals surface area contributed by atoms with Crippen LogP contribution in [0.2, 0.25) is 0 Å². The van der Waals surface area contributed by atoms with Crippen LogP contribution in [0.4, 0.5) is 0 Å². The Morgan fingerprint density at radius 2 is 2.06 bits per heavy atom. The monoisotopic (exact) mass is 236 g/mol. The quantitative estimate of drug-likeness (QED) is 0.873. The molecule has 2 rings (SSSR count). The van der Waals surface area contributed by atoms with Crippen LogP contribution in [0.1, 0.15) is 44.5 Å². The van der Waals surface area contributed by atoms with Gasteiger partial charge in [0.25, 0.3) is 0 Å². The Kier molecular flexibility index (Phi) is 3.48. The van der Waals surface area contributed by atoms with Crippen molar-refractivity contribution in [2.24, 2.45) is 0 Å².